The van der Waals surface area contributed by atoms with Crippen LogP contribution in [0.1, 0.15) is 57.7 Å². The molecule has 1 aliphatic rings. The Kier molecular flexibility index (Phi) is 5.65. The molecule has 3 heteroatoms. The van der Waals surface area contributed by atoms with Crippen molar-refractivity contribution in [1.82, 2.24) is 5.32 Å². The van der Waals surface area contributed by atoms with Gasteiger partial charge in [-0.15, -0.1) is 0 Å². The third kappa shape index (κ3) is 5.01. The zero-order chi connectivity index (χ0) is 15.3. The van der Waals surface area contributed by atoms with Gasteiger partial charge in [-0.1, -0.05) is 13.0 Å². The predicted octanol–water partition coefficient (Wildman–Crippen LogP) is 3.87. The predicted molar refractivity (Wildman–Crippen MR) is 87.0 cm³/mol. The van der Waals surface area contributed by atoms with E-state index in [1.807, 2.05) is 0 Å². The molecular formula is C18H29NO2. The van der Waals surface area contributed by atoms with Crippen molar-refractivity contribution in [3.05, 3.63) is 29.3 Å². The van der Waals surface area contributed by atoms with E-state index >= 15 is 0 Å². The van der Waals surface area contributed by atoms with E-state index in [9.17, 15) is 0 Å². The summed E-state index contributed by atoms with van der Waals surface area (Å²) < 4.78 is 11.5. The molecule has 1 aliphatic carbocycles. The van der Waals surface area contributed by atoms with Crippen molar-refractivity contribution in [3.8, 4) is 5.75 Å². The average Bonchev–Trinajstić information content (AvgIpc) is 2.43. The van der Waals surface area contributed by atoms with Gasteiger partial charge in [0.15, 0.2) is 0 Å². The van der Waals surface area contributed by atoms with Gasteiger partial charge in [0, 0.05) is 6.04 Å². The first kappa shape index (κ1) is 16.3. The van der Waals surface area contributed by atoms with E-state index in [0.29, 0.717) is 19.3 Å². The number of fused-ring (bicyclic) bond motifs is 1. The van der Waals surface area contributed by atoms with Gasteiger partial charge >= 0.3 is 0 Å². The van der Waals surface area contributed by atoms with Gasteiger partial charge in [-0.3, -0.25) is 0 Å². The van der Waals surface area contributed by atoms with Crippen LogP contribution in [0.4, 0.5) is 0 Å². The standard InChI is InChI=1S/C18H29NO2/c1-5-19-17-8-6-7-14-13-15(9-10-16(14)17)20-11-12-21-18(2,3)4/h9-10,13,17,19H,5-8,11-12H2,1-4H3. The monoisotopic (exact) mass is 291 g/mol. The van der Waals surface area contributed by atoms with Gasteiger partial charge in [-0.05, 0) is 69.8 Å². The molecule has 1 aromatic rings. The topological polar surface area (TPSA) is 30.5 Å². The van der Waals surface area contributed by atoms with Crippen molar-refractivity contribution in [2.75, 3.05) is 19.8 Å². The van der Waals surface area contributed by atoms with Crippen LogP contribution < -0.4 is 10.1 Å². The minimum atomic E-state index is -0.0990. The zero-order valence-electron chi connectivity index (χ0n) is 13.9. The number of aryl methyl sites for hydroxylation is 1. The van der Waals surface area contributed by atoms with Gasteiger partial charge in [0.25, 0.3) is 0 Å². The lowest BCUT2D eigenvalue weighted by Crippen LogP contribution is -2.25. The van der Waals surface area contributed by atoms with Crippen LogP contribution in [0.15, 0.2) is 18.2 Å². The summed E-state index contributed by atoms with van der Waals surface area (Å²) in [5.74, 6) is 0.961. The van der Waals surface area contributed by atoms with Crippen molar-refractivity contribution in [3.63, 3.8) is 0 Å². The quantitative estimate of drug-likeness (QED) is 0.807. The fraction of sp³-hybridized carbons (Fsp3) is 0.667. The van der Waals surface area contributed by atoms with E-state index in [4.69, 9.17) is 9.47 Å². The Morgan fingerprint density at radius 1 is 1.24 bits per heavy atom. The Labute approximate surface area is 129 Å². The Morgan fingerprint density at radius 2 is 2.05 bits per heavy atom. The Hall–Kier alpha value is -1.06. The van der Waals surface area contributed by atoms with Crippen molar-refractivity contribution in [2.45, 2.75) is 58.6 Å². The second-order valence-electron chi connectivity index (χ2n) is 6.67. The van der Waals surface area contributed by atoms with Gasteiger partial charge in [-0.25, -0.2) is 0 Å². The van der Waals surface area contributed by atoms with Crippen LogP contribution in [0.5, 0.6) is 5.75 Å². The summed E-state index contributed by atoms with van der Waals surface area (Å²) >= 11 is 0. The van der Waals surface area contributed by atoms with Gasteiger partial charge < -0.3 is 14.8 Å². The molecule has 0 radical (unpaired) electrons. The molecule has 118 valence electrons. The number of rotatable bonds is 6. The lowest BCUT2D eigenvalue weighted by Gasteiger charge is -2.26. The van der Waals surface area contributed by atoms with Crippen LogP contribution in [0.3, 0.4) is 0 Å². The lowest BCUT2D eigenvalue weighted by atomic mass is 9.87. The fourth-order valence-corrected chi connectivity index (χ4v) is 2.85. The molecule has 0 bridgehead atoms. The zero-order valence-corrected chi connectivity index (χ0v) is 13.9. The number of hydrogen-bond donors (Lipinski definition) is 1. The first-order valence-electron chi connectivity index (χ1n) is 8.12. The van der Waals surface area contributed by atoms with E-state index < -0.39 is 0 Å². The van der Waals surface area contributed by atoms with Crippen LogP contribution in [0, 0.1) is 0 Å². The molecule has 1 atom stereocenters. The molecule has 0 spiro atoms. The third-order valence-electron chi connectivity index (χ3n) is 3.77. The largest absolute Gasteiger partial charge is 0.491 e. The maximum absolute atomic E-state index is 5.82. The highest BCUT2D eigenvalue weighted by molar-refractivity contribution is 5.39. The summed E-state index contributed by atoms with van der Waals surface area (Å²) in [5.41, 5.74) is 2.78. The number of benzene rings is 1. The van der Waals surface area contributed by atoms with Gasteiger partial charge in [0.2, 0.25) is 0 Å². The first-order valence-corrected chi connectivity index (χ1v) is 8.12. The summed E-state index contributed by atoms with van der Waals surface area (Å²) in [7, 11) is 0. The van der Waals surface area contributed by atoms with Gasteiger partial charge in [0.1, 0.15) is 12.4 Å². The van der Waals surface area contributed by atoms with E-state index in [2.05, 4.69) is 51.2 Å². The Morgan fingerprint density at radius 3 is 2.76 bits per heavy atom. The first-order chi connectivity index (χ1) is 9.99. The molecule has 1 aromatic carbocycles. The molecule has 0 aromatic heterocycles. The average molecular weight is 291 g/mol. The molecule has 2 rings (SSSR count). The molecule has 0 fully saturated rings. The second-order valence-corrected chi connectivity index (χ2v) is 6.67. The van der Waals surface area contributed by atoms with Gasteiger partial charge in [0.05, 0.1) is 12.2 Å². The van der Waals surface area contributed by atoms with E-state index in [0.717, 1.165) is 18.7 Å². The molecule has 0 saturated heterocycles. The third-order valence-corrected chi connectivity index (χ3v) is 3.77. The van der Waals surface area contributed by atoms with Crippen molar-refractivity contribution < 1.29 is 9.47 Å². The molecular weight excluding hydrogens is 262 g/mol. The van der Waals surface area contributed by atoms with Crippen LogP contribution in [-0.2, 0) is 11.2 Å². The minimum absolute atomic E-state index is 0.0990. The molecule has 0 heterocycles. The molecule has 0 aliphatic heterocycles. The molecule has 3 nitrogen and oxygen atoms in total. The molecule has 0 saturated carbocycles. The minimum Gasteiger partial charge on any atom is -0.491 e. The van der Waals surface area contributed by atoms with E-state index in [1.54, 1.807) is 0 Å². The summed E-state index contributed by atoms with van der Waals surface area (Å²) in [6, 6.07) is 7.03. The SMILES string of the molecule is CCNC1CCCc2cc(OCCOC(C)(C)C)ccc21. The van der Waals surface area contributed by atoms with E-state index in [-0.39, 0.29) is 5.60 Å². The Balaban J connectivity index is 1.91. The highest BCUT2D eigenvalue weighted by Crippen LogP contribution is 2.32. The van der Waals surface area contributed by atoms with Crippen LogP contribution in [-0.4, -0.2) is 25.4 Å². The van der Waals surface area contributed by atoms with Crippen LogP contribution in [0.25, 0.3) is 0 Å². The Bertz CT molecular complexity index is 451. The van der Waals surface area contributed by atoms with Crippen LogP contribution >= 0.6 is 0 Å². The summed E-state index contributed by atoms with van der Waals surface area (Å²) in [4.78, 5) is 0. The highest BCUT2D eigenvalue weighted by atomic mass is 16.5. The van der Waals surface area contributed by atoms with Crippen molar-refractivity contribution in [2.24, 2.45) is 0 Å². The van der Waals surface area contributed by atoms with Gasteiger partial charge in [-0.2, -0.15) is 0 Å². The van der Waals surface area contributed by atoms with Crippen molar-refractivity contribution >= 4 is 0 Å². The van der Waals surface area contributed by atoms with E-state index in [1.165, 1.54) is 24.0 Å². The summed E-state index contributed by atoms with van der Waals surface area (Å²) in [6.07, 6.45) is 3.65. The number of ether oxygens (including phenoxy) is 2. The van der Waals surface area contributed by atoms with Crippen LogP contribution in [0.2, 0.25) is 0 Å². The maximum atomic E-state index is 5.82. The lowest BCUT2D eigenvalue weighted by molar-refractivity contribution is -0.0163. The fourth-order valence-electron chi connectivity index (χ4n) is 2.85. The van der Waals surface area contributed by atoms with Crippen molar-refractivity contribution in [1.29, 1.82) is 0 Å². The molecule has 1 unspecified atom stereocenters. The number of nitrogens with one attached hydrogen (secondary N) is 1. The molecule has 0 amide bonds. The molecule has 1 N–H and O–H groups in total. The highest BCUT2D eigenvalue weighted by Gasteiger charge is 2.19. The maximum Gasteiger partial charge on any atom is 0.119 e. The summed E-state index contributed by atoms with van der Waals surface area (Å²) in [6.45, 7) is 10.6. The normalized spacial score (nSPS) is 18.4. The second kappa shape index (κ2) is 7.28. The smallest absolute Gasteiger partial charge is 0.119 e. The molecule has 21 heavy (non-hydrogen) atoms. The number of hydrogen-bond acceptors (Lipinski definition) is 3. The summed E-state index contributed by atoms with van der Waals surface area (Å²) in [5, 5.41) is 3.57.